The first-order valence-electron chi connectivity index (χ1n) is 21.1. The predicted molar refractivity (Wildman–Crippen MR) is 238 cm³/mol. The summed E-state index contributed by atoms with van der Waals surface area (Å²) in [6.07, 6.45) is 18.2. The number of hydrogen-bond acceptors (Lipinski definition) is 3. The maximum absolute atomic E-state index is 6.56. The minimum absolute atomic E-state index is 0. The van der Waals surface area contributed by atoms with E-state index in [-0.39, 0.29) is 20.1 Å². The molecule has 2 aliphatic rings. The number of furan rings is 1. The Morgan fingerprint density at radius 1 is 0.772 bits per heavy atom. The molecule has 0 saturated heterocycles. The van der Waals surface area contributed by atoms with Crippen LogP contribution in [0.15, 0.2) is 108 Å². The van der Waals surface area contributed by atoms with Crippen LogP contribution < -0.4 is 4.40 Å². The number of pyridine rings is 2. The Balaban J connectivity index is 0.000000202. The van der Waals surface area contributed by atoms with Crippen molar-refractivity contribution in [1.82, 2.24) is 9.97 Å². The van der Waals surface area contributed by atoms with Gasteiger partial charge in [0.15, 0.2) is 0 Å². The molecule has 3 heterocycles. The van der Waals surface area contributed by atoms with E-state index < -0.39 is 13.3 Å². The monoisotopic (exact) mass is 991 g/mol. The summed E-state index contributed by atoms with van der Waals surface area (Å²) in [5.74, 6) is 8.80. The van der Waals surface area contributed by atoms with E-state index in [1.807, 2.05) is 30.5 Å². The Kier molecular flexibility index (Phi) is 13.3. The molecule has 1 fully saturated rings. The van der Waals surface area contributed by atoms with Crippen LogP contribution in [0.25, 0.3) is 55.6 Å². The van der Waals surface area contributed by atoms with Gasteiger partial charge in [0.25, 0.3) is 0 Å². The van der Waals surface area contributed by atoms with Gasteiger partial charge in [-0.25, -0.2) is 0 Å². The molecule has 0 bridgehead atoms. The first-order valence-corrected chi connectivity index (χ1v) is 28.5. The number of aryl methyl sites for hydroxylation is 1. The van der Waals surface area contributed by atoms with Gasteiger partial charge in [-0.1, -0.05) is 85.0 Å². The van der Waals surface area contributed by atoms with Gasteiger partial charge in [-0.3, -0.25) is 0 Å². The Morgan fingerprint density at radius 2 is 1.61 bits per heavy atom. The standard InChI is InChI=1S/C34H32NO.C18H24GeN.Ir/c1-2-8-23(9-3-1)20-24-18-19-35-32(21-24)31-15-7-14-30-29-17-16-26(22-33(29)36-34(30)31)28-13-6-11-25-10-4-5-12-27(25)28;1-14(2)11-16-12-18(15-9-7-6-8-10-15)20-13-17(16)19(3,4)5;/h6-7,11,13-14,16-19,21-23H,1-5,8-10,12,20H2;6-9,12-14H,11H2,1-5H3;/q2*-1;. The average Bonchev–Trinajstić information content (AvgIpc) is 3.59. The fourth-order valence-electron chi connectivity index (χ4n) is 9.09. The van der Waals surface area contributed by atoms with E-state index in [1.165, 1.54) is 91.2 Å². The van der Waals surface area contributed by atoms with Crippen molar-refractivity contribution in [3.05, 3.63) is 138 Å². The van der Waals surface area contributed by atoms with Crippen molar-refractivity contribution in [2.45, 2.75) is 102 Å². The molecule has 3 aromatic heterocycles. The van der Waals surface area contributed by atoms with Crippen molar-refractivity contribution in [1.29, 1.82) is 0 Å². The van der Waals surface area contributed by atoms with Crippen LogP contribution in [-0.4, -0.2) is 23.2 Å². The Bertz CT molecular complexity index is 2440. The van der Waals surface area contributed by atoms with Crippen LogP contribution in [0.1, 0.15) is 81.0 Å². The van der Waals surface area contributed by atoms with Crippen molar-refractivity contribution in [2.24, 2.45) is 11.8 Å². The van der Waals surface area contributed by atoms with Crippen molar-refractivity contribution in [3.63, 3.8) is 0 Å². The van der Waals surface area contributed by atoms with Crippen LogP contribution in [0.3, 0.4) is 0 Å². The molecular formula is C52H56GeIrN2O-2. The van der Waals surface area contributed by atoms with Gasteiger partial charge in [0.05, 0.1) is 5.58 Å². The molecule has 0 atom stereocenters. The molecule has 9 rings (SSSR count). The summed E-state index contributed by atoms with van der Waals surface area (Å²) in [4.78, 5) is 9.44. The fourth-order valence-corrected chi connectivity index (χ4v) is 12.4. The third kappa shape index (κ3) is 9.57. The summed E-state index contributed by atoms with van der Waals surface area (Å²) >= 11 is -1.86. The van der Waals surface area contributed by atoms with Crippen molar-refractivity contribution in [3.8, 4) is 33.6 Å². The molecule has 2 aliphatic carbocycles. The second-order valence-corrected chi connectivity index (χ2v) is 28.2. The zero-order valence-electron chi connectivity index (χ0n) is 34.4. The SMILES string of the molecule is CC(C)Cc1cc(-c2[c-]cccc2)nc[c]1[Ge]([CH3])([CH3])[CH3].[Ir].[c-]1ccc2c(oc3cc(-c4cccc5c4CCCC5)ccc32)c1-c1cc(CC2CCCCC2)ccn1. The van der Waals surface area contributed by atoms with Gasteiger partial charge in [-0.05, 0) is 78.1 Å². The summed E-state index contributed by atoms with van der Waals surface area (Å²) in [6, 6.07) is 39.2. The molecule has 0 spiro atoms. The molecule has 0 unspecified atom stereocenters. The van der Waals surface area contributed by atoms with Crippen molar-refractivity contribution in [2.75, 3.05) is 0 Å². The average molecular weight is 990 g/mol. The van der Waals surface area contributed by atoms with E-state index in [1.54, 1.807) is 4.40 Å². The van der Waals surface area contributed by atoms with E-state index in [0.29, 0.717) is 5.92 Å². The molecule has 0 N–H and O–H groups in total. The van der Waals surface area contributed by atoms with Gasteiger partial charge < -0.3 is 9.40 Å². The van der Waals surface area contributed by atoms with Gasteiger partial charge in [0.2, 0.25) is 0 Å². The molecule has 295 valence electrons. The van der Waals surface area contributed by atoms with Crippen molar-refractivity contribution < 1.29 is 24.5 Å². The van der Waals surface area contributed by atoms with Crippen LogP contribution >= 0.6 is 0 Å². The van der Waals surface area contributed by atoms with Gasteiger partial charge in [-0.15, -0.1) is 18.2 Å². The second-order valence-electron chi connectivity index (χ2n) is 17.7. The molecular weight excluding hydrogens is 933 g/mol. The molecule has 4 aromatic carbocycles. The molecule has 0 aliphatic heterocycles. The minimum Gasteiger partial charge on any atom is -0.501 e. The van der Waals surface area contributed by atoms with Gasteiger partial charge in [-0.2, -0.15) is 0 Å². The predicted octanol–water partition coefficient (Wildman–Crippen LogP) is 13.4. The van der Waals surface area contributed by atoms with E-state index >= 15 is 0 Å². The van der Waals surface area contributed by atoms with E-state index in [4.69, 9.17) is 14.4 Å². The zero-order valence-corrected chi connectivity index (χ0v) is 38.9. The quantitative estimate of drug-likeness (QED) is 0.112. The number of hydrogen-bond donors (Lipinski definition) is 0. The molecule has 5 heteroatoms. The second kappa shape index (κ2) is 18.4. The third-order valence-corrected chi connectivity index (χ3v) is 16.2. The Labute approximate surface area is 356 Å². The van der Waals surface area contributed by atoms with Crippen LogP contribution in [0, 0.1) is 24.0 Å². The van der Waals surface area contributed by atoms with Crippen molar-refractivity contribution >= 4 is 39.6 Å². The number of benzene rings is 4. The van der Waals surface area contributed by atoms with Gasteiger partial charge >= 0.3 is 126 Å². The zero-order chi connectivity index (χ0) is 38.6. The Morgan fingerprint density at radius 3 is 2.40 bits per heavy atom. The normalized spacial score (nSPS) is 14.6. The summed E-state index contributed by atoms with van der Waals surface area (Å²) in [7, 11) is 0. The van der Waals surface area contributed by atoms with E-state index in [9.17, 15) is 0 Å². The van der Waals surface area contributed by atoms with E-state index in [2.05, 4.69) is 116 Å². The number of rotatable bonds is 8. The number of aromatic nitrogens is 2. The first kappa shape index (κ1) is 41.3. The van der Waals surface area contributed by atoms with Crippen LogP contribution in [0.2, 0.25) is 17.3 Å². The summed E-state index contributed by atoms with van der Waals surface area (Å²) in [5, 5.41) is 2.30. The molecule has 57 heavy (non-hydrogen) atoms. The van der Waals surface area contributed by atoms with Crippen LogP contribution in [-0.2, 0) is 45.8 Å². The topological polar surface area (TPSA) is 38.9 Å². The van der Waals surface area contributed by atoms with Crippen LogP contribution in [0.5, 0.6) is 0 Å². The van der Waals surface area contributed by atoms with Gasteiger partial charge in [0, 0.05) is 31.7 Å². The molecule has 1 radical (unpaired) electrons. The number of fused-ring (bicyclic) bond motifs is 4. The molecule has 1 saturated carbocycles. The fraction of sp³-hybridized carbons (Fsp3) is 0.346. The summed E-state index contributed by atoms with van der Waals surface area (Å²) in [6.45, 7) is 4.57. The van der Waals surface area contributed by atoms with E-state index in [0.717, 1.165) is 63.2 Å². The molecule has 0 amide bonds. The summed E-state index contributed by atoms with van der Waals surface area (Å²) in [5.41, 5.74) is 14.4. The maximum atomic E-state index is 6.56. The summed E-state index contributed by atoms with van der Waals surface area (Å²) < 4.78 is 8.10. The molecule has 7 aromatic rings. The number of nitrogens with zero attached hydrogens (tertiary/aromatic N) is 2. The smallest absolute Gasteiger partial charge is 0.121 e. The van der Waals surface area contributed by atoms with Crippen LogP contribution in [0.4, 0.5) is 0 Å². The Hall–Kier alpha value is -3.83. The van der Waals surface area contributed by atoms with Gasteiger partial charge in [0.1, 0.15) is 5.58 Å². The first-order chi connectivity index (χ1) is 27.2. The minimum atomic E-state index is -1.86. The maximum Gasteiger partial charge on any atom is 0.121 e. The molecule has 3 nitrogen and oxygen atoms in total. The largest absolute Gasteiger partial charge is 0.501 e. The third-order valence-electron chi connectivity index (χ3n) is 11.9.